The molecule has 3 rings (SSSR count). The zero-order valence-electron chi connectivity index (χ0n) is 10.9. The fourth-order valence-electron chi connectivity index (χ4n) is 1.74. The molecule has 2 aromatic heterocycles. The molecule has 3 aromatic rings. The molecule has 0 amide bonds. The average Bonchev–Trinajstić information content (AvgIpc) is 3.20. The number of nitrogens with zero attached hydrogens (tertiary/aromatic N) is 5. The van der Waals surface area contributed by atoms with Crippen molar-refractivity contribution in [1.82, 2.24) is 20.4 Å². The van der Waals surface area contributed by atoms with E-state index in [2.05, 4.69) is 31.0 Å². The standard InChI is InChI=1S/C11H9N7O2S2/c19-18(20)8-3-1-2-7(4-8)9(14-10-16-12-5-21-10)15-11-17-13-6-22-11/h1-6,9H,(H,14,16)(H,15,17). The Balaban J connectivity index is 1.89. The molecular weight excluding hydrogens is 326 g/mol. The van der Waals surface area contributed by atoms with Crippen molar-refractivity contribution in [3.8, 4) is 0 Å². The molecule has 1 aromatic carbocycles. The first-order chi connectivity index (χ1) is 10.7. The minimum Gasteiger partial charge on any atom is -0.336 e. The van der Waals surface area contributed by atoms with Gasteiger partial charge >= 0.3 is 0 Å². The molecule has 2 heterocycles. The van der Waals surface area contributed by atoms with Gasteiger partial charge in [0, 0.05) is 17.7 Å². The van der Waals surface area contributed by atoms with Gasteiger partial charge in [-0.15, -0.1) is 20.4 Å². The van der Waals surface area contributed by atoms with E-state index in [0.717, 1.165) is 0 Å². The second kappa shape index (κ2) is 6.41. The minimum atomic E-state index is -0.444. The Labute approximate surface area is 132 Å². The van der Waals surface area contributed by atoms with Gasteiger partial charge in [0.15, 0.2) is 0 Å². The summed E-state index contributed by atoms with van der Waals surface area (Å²) < 4.78 is 0. The maximum absolute atomic E-state index is 10.9. The molecule has 0 aliphatic rings. The Morgan fingerprint density at radius 1 is 1.09 bits per heavy atom. The zero-order chi connectivity index (χ0) is 15.4. The van der Waals surface area contributed by atoms with E-state index in [9.17, 15) is 10.1 Å². The second-order valence-corrected chi connectivity index (χ2v) is 5.73. The average molecular weight is 335 g/mol. The summed E-state index contributed by atoms with van der Waals surface area (Å²) in [5.41, 5.74) is 3.88. The van der Waals surface area contributed by atoms with E-state index in [1.54, 1.807) is 23.2 Å². The van der Waals surface area contributed by atoms with Crippen LogP contribution in [0.3, 0.4) is 0 Å². The lowest BCUT2D eigenvalue weighted by Gasteiger charge is -2.19. The Hall–Kier alpha value is -2.66. The third-order valence-electron chi connectivity index (χ3n) is 2.67. The summed E-state index contributed by atoms with van der Waals surface area (Å²) in [6.07, 6.45) is -0.444. The number of nitro groups is 1. The summed E-state index contributed by atoms with van der Waals surface area (Å²) in [7, 11) is 0. The molecule has 0 unspecified atom stereocenters. The van der Waals surface area contributed by atoms with Gasteiger partial charge in [-0.2, -0.15) is 0 Å². The van der Waals surface area contributed by atoms with Gasteiger partial charge in [-0.3, -0.25) is 10.1 Å². The van der Waals surface area contributed by atoms with Gasteiger partial charge < -0.3 is 10.6 Å². The lowest BCUT2D eigenvalue weighted by Crippen LogP contribution is -2.20. The monoisotopic (exact) mass is 335 g/mol. The minimum absolute atomic E-state index is 0.0145. The van der Waals surface area contributed by atoms with Crippen LogP contribution in [0.15, 0.2) is 35.3 Å². The highest BCUT2D eigenvalue weighted by molar-refractivity contribution is 7.13. The number of anilines is 2. The number of nitro benzene ring substituents is 1. The van der Waals surface area contributed by atoms with Gasteiger partial charge in [-0.1, -0.05) is 34.8 Å². The first-order valence-corrected chi connectivity index (χ1v) is 7.78. The van der Waals surface area contributed by atoms with Gasteiger partial charge in [-0.25, -0.2) is 0 Å². The van der Waals surface area contributed by atoms with E-state index in [1.807, 2.05) is 0 Å². The van der Waals surface area contributed by atoms with Crippen molar-refractivity contribution in [1.29, 1.82) is 0 Å². The van der Waals surface area contributed by atoms with Crippen molar-refractivity contribution in [2.24, 2.45) is 0 Å². The molecule has 0 saturated heterocycles. The smallest absolute Gasteiger partial charge is 0.269 e. The van der Waals surface area contributed by atoms with Crippen LogP contribution in [0.2, 0.25) is 0 Å². The molecule has 11 heteroatoms. The first-order valence-electron chi connectivity index (χ1n) is 6.02. The van der Waals surface area contributed by atoms with Crippen molar-refractivity contribution in [2.45, 2.75) is 6.17 Å². The lowest BCUT2D eigenvalue weighted by molar-refractivity contribution is -0.384. The summed E-state index contributed by atoms with van der Waals surface area (Å²) in [5, 5.41) is 33.7. The van der Waals surface area contributed by atoms with Gasteiger partial charge in [0.05, 0.1) is 4.92 Å². The van der Waals surface area contributed by atoms with Gasteiger partial charge in [0.25, 0.3) is 5.69 Å². The summed E-state index contributed by atoms with van der Waals surface area (Å²) in [4.78, 5) is 10.5. The largest absolute Gasteiger partial charge is 0.336 e. The summed E-state index contributed by atoms with van der Waals surface area (Å²) >= 11 is 2.66. The molecule has 112 valence electrons. The number of nitrogens with one attached hydrogen (secondary N) is 2. The summed E-state index contributed by atoms with van der Waals surface area (Å²) in [6.45, 7) is 0. The van der Waals surface area contributed by atoms with Crippen molar-refractivity contribution in [3.05, 3.63) is 51.0 Å². The van der Waals surface area contributed by atoms with Crippen LogP contribution in [-0.2, 0) is 0 Å². The molecule has 0 bridgehead atoms. The number of aromatic nitrogens is 4. The molecule has 0 spiro atoms. The normalized spacial score (nSPS) is 10.6. The van der Waals surface area contributed by atoms with Crippen LogP contribution in [0.5, 0.6) is 0 Å². The molecule has 0 aliphatic heterocycles. The fourth-order valence-corrected chi connectivity index (χ4v) is 2.69. The van der Waals surface area contributed by atoms with Gasteiger partial charge in [-0.05, 0) is 0 Å². The third kappa shape index (κ3) is 3.32. The number of non-ortho nitro benzene ring substituents is 1. The zero-order valence-corrected chi connectivity index (χ0v) is 12.5. The van der Waals surface area contributed by atoms with Crippen LogP contribution < -0.4 is 10.6 Å². The Bertz CT molecular complexity index is 711. The van der Waals surface area contributed by atoms with Crippen LogP contribution in [-0.4, -0.2) is 25.3 Å². The number of rotatable bonds is 6. The number of benzene rings is 1. The van der Waals surface area contributed by atoms with Crippen molar-refractivity contribution in [3.63, 3.8) is 0 Å². The molecule has 2 N–H and O–H groups in total. The number of hydrogen-bond donors (Lipinski definition) is 2. The van der Waals surface area contributed by atoms with E-state index < -0.39 is 11.1 Å². The van der Waals surface area contributed by atoms with E-state index in [1.165, 1.54) is 34.8 Å². The predicted octanol–water partition coefficient (Wildman–Crippen LogP) is 2.52. The van der Waals surface area contributed by atoms with Crippen molar-refractivity contribution in [2.75, 3.05) is 10.6 Å². The SMILES string of the molecule is O=[N+]([O-])c1cccc(C(Nc2nncs2)Nc2nncs2)c1. The Kier molecular flexibility index (Phi) is 4.16. The molecule has 22 heavy (non-hydrogen) atoms. The van der Waals surface area contributed by atoms with Crippen LogP contribution in [0, 0.1) is 10.1 Å². The van der Waals surface area contributed by atoms with Crippen molar-refractivity contribution >= 4 is 38.6 Å². The van der Waals surface area contributed by atoms with E-state index in [0.29, 0.717) is 15.8 Å². The van der Waals surface area contributed by atoms with Gasteiger partial charge in [0.2, 0.25) is 10.3 Å². The molecular formula is C11H9N7O2S2. The second-order valence-electron chi connectivity index (χ2n) is 4.06. The maximum Gasteiger partial charge on any atom is 0.269 e. The first kappa shape index (κ1) is 14.3. The molecule has 0 saturated carbocycles. The highest BCUT2D eigenvalue weighted by Gasteiger charge is 2.17. The third-order valence-corrected chi connectivity index (χ3v) is 3.91. The number of hydrogen-bond acceptors (Lipinski definition) is 10. The van der Waals surface area contributed by atoms with Crippen LogP contribution in [0.1, 0.15) is 11.7 Å². The highest BCUT2D eigenvalue weighted by Crippen LogP contribution is 2.25. The Morgan fingerprint density at radius 3 is 2.23 bits per heavy atom. The van der Waals surface area contributed by atoms with E-state index in [4.69, 9.17) is 0 Å². The highest BCUT2D eigenvalue weighted by atomic mass is 32.1. The maximum atomic E-state index is 10.9. The summed E-state index contributed by atoms with van der Waals surface area (Å²) in [5.74, 6) is 0. The lowest BCUT2D eigenvalue weighted by atomic mass is 10.1. The topological polar surface area (TPSA) is 119 Å². The van der Waals surface area contributed by atoms with Gasteiger partial charge in [0.1, 0.15) is 17.2 Å². The van der Waals surface area contributed by atoms with Crippen LogP contribution in [0.25, 0.3) is 0 Å². The molecule has 9 nitrogen and oxygen atoms in total. The van der Waals surface area contributed by atoms with E-state index in [-0.39, 0.29) is 5.69 Å². The van der Waals surface area contributed by atoms with Crippen LogP contribution >= 0.6 is 22.7 Å². The van der Waals surface area contributed by atoms with Crippen LogP contribution in [0.4, 0.5) is 16.0 Å². The fraction of sp³-hybridized carbons (Fsp3) is 0.0909. The Morgan fingerprint density at radius 2 is 1.73 bits per heavy atom. The predicted molar refractivity (Wildman–Crippen MR) is 82.9 cm³/mol. The quantitative estimate of drug-likeness (QED) is 0.401. The van der Waals surface area contributed by atoms with E-state index >= 15 is 0 Å². The van der Waals surface area contributed by atoms with Crippen molar-refractivity contribution < 1.29 is 4.92 Å². The molecule has 0 aliphatic carbocycles. The molecule has 0 fully saturated rings. The summed E-state index contributed by atoms with van der Waals surface area (Å²) in [6, 6.07) is 6.34. The molecule has 0 radical (unpaired) electrons. The molecule has 0 atom stereocenters.